The Morgan fingerprint density at radius 3 is 2.43 bits per heavy atom. The minimum absolute atomic E-state index is 0. The summed E-state index contributed by atoms with van der Waals surface area (Å²) in [5, 5.41) is 0. The smallest absolute Gasteiger partial charge is 0.322 e. The zero-order valence-corrected chi connectivity index (χ0v) is 15.1. The Balaban J connectivity index is 0.00000400. The molecular weight excluding hydrogens is 373 g/mol. The molecule has 0 aliphatic heterocycles. The molecule has 1 rings (SSSR count). The number of Topliss-reactive ketones (excluding diaryl/α,β-unsaturated/α-hetero) is 1. The van der Waals surface area contributed by atoms with E-state index in [2.05, 4.69) is 9.46 Å². The third-order valence-corrected chi connectivity index (χ3v) is 3.53. The predicted molar refractivity (Wildman–Crippen MR) is 73.3 cm³/mol. The van der Waals surface area contributed by atoms with Crippen molar-refractivity contribution in [2.75, 3.05) is 17.6 Å². The molecule has 21 heavy (non-hydrogen) atoms. The van der Waals surface area contributed by atoms with E-state index in [0.29, 0.717) is 0 Å². The normalized spacial score (nSPS) is 10.4. The fraction of sp³-hybridized carbons (Fsp3) is 0.250. The number of nitrogens with one attached hydrogen (secondary N) is 2. The number of carbonyl (C=O) groups is 2. The van der Waals surface area contributed by atoms with Crippen LogP contribution in [0.5, 0.6) is 0 Å². The maximum Gasteiger partial charge on any atom is 0.322 e. The first-order valence-corrected chi connectivity index (χ1v) is 7.05. The molecule has 9 heteroatoms. The van der Waals surface area contributed by atoms with Crippen molar-refractivity contribution in [1.29, 1.82) is 0 Å². The average Bonchev–Trinajstić information content (AvgIpc) is 2.33. The third kappa shape index (κ3) is 5.64. The number of anilines is 1. The van der Waals surface area contributed by atoms with E-state index in [9.17, 15) is 18.0 Å². The molecule has 0 unspecified atom stereocenters. The minimum atomic E-state index is -4.03. The molecular formula is C12H13N2O5SY-2. The molecule has 0 atom stereocenters. The molecule has 1 aromatic carbocycles. The Morgan fingerprint density at radius 1 is 1.38 bits per heavy atom. The van der Waals surface area contributed by atoms with Crippen molar-refractivity contribution in [2.45, 2.75) is 6.92 Å². The molecule has 0 heterocycles. The number of benzene rings is 1. The average molecular weight is 386 g/mol. The summed E-state index contributed by atoms with van der Waals surface area (Å²) >= 11 is 0. The topological polar surface area (TPSA) is 113 Å². The van der Waals surface area contributed by atoms with Crippen LogP contribution >= 0.6 is 0 Å². The van der Waals surface area contributed by atoms with Crippen LogP contribution in [-0.4, -0.2) is 33.0 Å². The molecule has 0 saturated carbocycles. The summed E-state index contributed by atoms with van der Waals surface area (Å²) in [4.78, 5) is 22.3. The zero-order valence-electron chi connectivity index (χ0n) is 11.5. The van der Waals surface area contributed by atoms with Crippen molar-refractivity contribution in [3.05, 3.63) is 35.9 Å². The molecule has 0 aliphatic rings. The van der Waals surface area contributed by atoms with Gasteiger partial charge >= 0.3 is 5.97 Å². The molecule has 0 aromatic heterocycles. The van der Waals surface area contributed by atoms with Crippen molar-refractivity contribution >= 4 is 33.2 Å². The summed E-state index contributed by atoms with van der Waals surface area (Å²) in [6, 6.07) is 2.44. The van der Waals surface area contributed by atoms with Gasteiger partial charge in [0.1, 0.15) is 0 Å². The van der Waals surface area contributed by atoms with Gasteiger partial charge in [0, 0.05) is 32.7 Å². The van der Waals surface area contributed by atoms with E-state index >= 15 is 0 Å². The summed E-state index contributed by atoms with van der Waals surface area (Å²) < 4.78 is 29.7. The van der Waals surface area contributed by atoms with Gasteiger partial charge in [-0.05, 0) is 12.5 Å². The van der Waals surface area contributed by atoms with Crippen LogP contribution in [0.1, 0.15) is 22.8 Å². The van der Waals surface area contributed by atoms with E-state index in [4.69, 9.17) is 12.7 Å². The van der Waals surface area contributed by atoms with Gasteiger partial charge in [-0.2, -0.15) is 5.56 Å². The summed E-state index contributed by atoms with van der Waals surface area (Å²) in [5.74, 6) is -2.17. The Morgan fingerprint density at radius 2 is 1.95 bits per heavy atom. The number of rotatable bonds is 5. The van der Waals surface area contributed by atoms with E-state index in [0.717, 1.165) is 7.11 Å². The number of hydrogen-bond donors (Lipinski definition) is 1. The Bertz CT molecular complexity index is 658. The van der Waals surface area contributed by atoms with Crippen LogP contribution in [0.2, 0.25) is 0 Å². The summed E-state index contributed by atoms with van der Waals surface area (Å²) in [5.41, 5.74) is 7.27. The quantitative estimate of drug-likeness (QED) is 0.469. The van der Waals surface area contributed by atoms with Gasteiger partial charge in [-0.3, -0.25) is 15.3 Å². The van der Waals surface area contributed by atoms with Crippen LogP contribution in [0.4, 0.5) is 11.4 Å². The first kappa shape index (κ1) is 19.9. The maximum atomic E-state index is 11.7. The molecule has 0 saturated heterocycles. The molecule has 112 valence electrons. The Hall–Kier alpha value is -1.12. The number of hydrogen-bond acceptors (Lipinski definition) is 5. The van der Waals surface area contributed by atoms with Crippen molar-refractivity contribution in [3.8, 4) is 0 Å². The molecule has 1 aromatic rings. The minimum Gasteiger partial charge on any atom is -0.756 e. The molecule has 7 nitrogen and oxygen atoms in total. The molecule has 0 bridgehead atoms. The first-order chi connectivity index (χ1) is 9.16. The molecule has 2 radical (unpaired) electrons. The van der Waals surface area contributed by atoms with Gasteiger partial charge in [0.15, 0.2) is 11.5 Å². The Kier molecular flexibility index (Phi) is 7.36. The summed E-state index contributed by atoms with van der Waals surface area (Å²) in [6.45, 7) is 6.86. The van der Waals surface area contributed by atoms with E-state index in [1.807, 2.05) is 0 Å². The van der Waals surface area contributed by atoms with Crippen LogP contribution in [0, 0.1) is 6.92 Å². The fourth-order valence-corrected chi connectivity index (χ4v) is 2.36. The second-order valence-corrected chi connectivity index (χ2v) is 5.70. The van der Waals surface area contributed by atoms with E-state index < -0.39 is 21.7 Å². The van der Waals surface area contributed by atoms with E-state index in [-0.39, 0.29) is 61.0 Å². The van der Waals surface area contributed by atoms with Crippen LogP contribution in [0.15, 0.2) is 12.1 Å². The van der Waals surface area contributed by atoms with Gasteiger partial charge in [0.05, 0.1) is 7.11 Å². The number of carbonyl (C=O) groups excluding carboxylic acids is 2. The largest absolute Gasteiger partial charge is 0.756 e. The van der Waals surface area contributed by atoms with Crippen LogP contribution in [-0.2, 0) is 52.3 Å². The monoisotopic (exact) mass is 386 g/mol. The molecule has 0 aliphatic carbocycles. The third-order valence-electron chi connectivity index (χ3n) is 2.39. The van der Waals surface area contributed by atoms with Gasteiger partial charge in [-0.15, -0.1) is 6.07 Å². The number of sulfonamides is 1. The summed E-state index contributed by atoms with van der Waals surface area (Å²) in [6.07, 6.45) is 0. The number of ketones is 1. The molecule has 2 N–H and O–H groups in total. The van der Waals surface area contributed by atoms with Crippen LogP contribution in [0.3, 0.4) is 0 Å². The van der Waals surface area contributed by atoms with E-state index in [1.54, 1.807) is 0 Å². The van der Waals surface area contributed by atoms with Crippen molar-refractivity contribution in [3.63, 3.8) is 0 Å². The van der Waals surface area contributed by atoms with Gasteiger partial charge in [0.2, 0.25) is 10.0 Å². The van der Waals surface area contributed by atoms with Gasteiger partial charge in [-0.1, -0.05) is 11.8 Å². The van der Waals surface area contributed by atoms with Gasteiger partial charge in [0.25, 0.3) is 0 Å². The summed E-state index contributed by atoms with van der Waals surface area (Å²) in [7, 11) is -2.97. The molecule has 0 fully saturated rings. The molecule has 0 amide bonds. The standard InChI is InChI=1S/C12H13N2O5S.Y/c1-7-10(13)4-9(8(2)15)5-11(7)14-20(17,18)6-12(16)19-3;/h1,4-5,13-14H,6H2,2-3H3;/q-2;. The van der Waals surface area contributed by atoms with Crippen LogP contribution in [0.25, 0.3) is 5.73 Å². The number of ether oxygens (including phenoxy) is 1. The SMILES string of the molecule is [CH-]c1c([NH-])cc(C(C)=O)cc1NS(=O)(=O)CC(=O)OC.[Y]. The van der Waals surface area contributed by atoms with Crippen molar-refractivity contribution < 1.29 is 55.5 Å². The van der Waals surface area contributed by atoms with Gasteiger partial charge < -0.3 is 15.2 Å². The number of esters is 1. The van der Waals surface area contributed by atoms with Gasteiger partial charge in [-0.25, -0.2) is 15.3 Å². The zero-order chi connectivity index (χ0) is 15.5. The van der Waals surface area contributed by atoms with Crippen molar-refractivity contribution in [2.24, 2.45) is 0 Å². The fourth-order valence-electron chi connectivity index (χ4n) is 1.36. The predicted octanol–water partition coefficient (Wildman–Crippen LogP) is 1.54. The first-order valence-electron chi connectivity index (χ1n) is 5.39. The molecule has 0 spiro atoms. The van der Waals surface area contributed by atoms with Crippen molar-refractivity contribution in [1.82, 2.24) is 0 Å². The second-order valence-electron chi connectivity index (χ2n) is 3.98. The maximum absolute atomic E-state index is 11.7. The Labute approximate surface area is 148 Å². The number of methoxy groups -OCH3 is 1. The van der Waals surface area contributed by atoms with E-state index in [1.165, 1.54) is 19.1 Å². The van der Waals surface area contributed by atoms with Crippen LogP contribution < -0.4 is 4.72 Å². The second kappa shape index (κ2) is 7.77.